The highest BCUT2D eigenvalue weighted by molar-refractivity contribution is 5.78. The van der Waals surface area contributed by atoms with Gasteiger partial charge in [0.2, 0.25) is 5.91 Å². The van der Waals surface area contributed by atoms with Crippen molar-refractivity contribution in [3.63, 3.8) is 0 Å². The summed E-state index contributed by atoms with van der Waals surface area (Å²) in [4.78, 5) is 11.8. The molecule has 0 aliphatic rings. The van der Waals surface area contributed by atoms with Gasteiger partial charge in [0.05, 0.1) is 12.7 Å². The molecule has 0 saturated heterocycles. The van der Waals surface area contributed by atoms with E-state index in [4.69, 9.17) is 9.15 Å². The highest BCUT2D eigenvalue weighted by Crippen LogP contribution is 2.22. The summed E-state index contributed by atoms with van der Waals surface area (Å²) in [5.74, 6) is 0.211. The second kappa shape index (κ2) is 9.12. The van der Waals surface area contributed by atoms with Gasteiger partial charge in [-0.2, -0.15) is 0 Å². The number of rotatable bonds is 9. The zero-order valence-corrected chi connectivity index (χ0v) is 13.3. The molecule has 1 heterocycles. The van der Waals surface area contributed by atoms with Gasteiger partial charge in [0.25, 0.3) is 0 Å². The molecule has 25 heavy (non-hydrogen) atoms. The molecule has 1 amide bonds. The Morgan fingerprint density at radius 2 is 1.92 bits per heavy atom. The molecule has 1 aromatic heterocycles. The van der Waals surface area contributed by atoms with Crippen molar-refractivity contribution in [3.05, 3.63) is 54.0 Å². The molecule has 5 nitrogen and oxygen atoms in total. The standard InChI is InChI=1S/C17H18F3NO4/c18-17(19,20)25-14-6-4-13(5-7-14)11-16(22)21-8-2-9-23-12-15-3-1-10-24-15/h1,3-7,10H,2,8-9,11-12H2,(H,21,22). The number of hydrogen-bond acceptors (Lipinski definition) is 4. The molecule has 136 valence electrons. The van der Waals surface area contributed by atoms with Gasteiger partial charge in [-0.05, 0) is 36.2 Å². The summed E-state index contributed by atoms with van der Waals surface area (Å²) in [6, 6.07) is 8.80. The van der Waals surface area contributed by atoms with Crippen LogP contribution in [0.3, 0.4) is 0 Å². The van der Waals surface area contributed by atoms with Crippen LogP contribution in [0.4, 0.5) is 13.2 Å². The third-order valence-corrected chi connectivity index (χ3v) is 3.13. The third kappa shape index (κ3) is 7.75. The number of amides is 1. The minimum atomic E-state index is -4.72. The maximum atomic E-state index is 12.1. The van der Waals surface area contributed by atoms with Gasteiger partial charge >= 0.3 is 6.36 Å². The van der Waals surface area contributed by atoms with Crippen molar-refractivity contribution in [2.75, 3.05) is 13.2 Å². The second-order valence-electron chi connectivity index (χ2n) is 5.20. The number of nitrogens with one attached hydrogen (secondary N) is 1. The Bertz CT molecular complexity index is 639. The van der Waals surface area contributed by atoms with Crippen molar-refractivity contribution in [2.45, 2.75) is 25.8 Å². The average molecular weight is 357 g/mol. The number of hydrogen-bond donors (Lipinski definition) is 1. The van der Waals surface area contributed by atoms with Crippen molar-refractivity contribution >= 4 is 5.91 Å². The van der Waals surface area contributed by atoms with Crippen LogP contribution in [-0.2, 0) is 22.6 Å². The number of ether oxygens (including phenoxy) is 2. The lowest BCUT2D eigenvalue weighted by Crippen LogP contribution is -2.26. The van der Waals surface area contributed by atoms with E-state index in [1.165, 1.54) is 24.3 Å². The number of alkyl halides is 3. The van der Waals surface area contributed by atoms with E-state index < -0.39 is 6.36 Å². The molecule has 0 aliphatic carbocycles. The number of carbonyl (C=O) groups excluding carboxylic acids is 1. The fourth-order valence-corrected chi connectivity index (χ4v) is 2.03. The monoisotopic (exact) mass is 357 g/mol. The van der Waals surface area contributed by atoms with E-state index in [0.717, 1.165) is 5.76 Å². The van der Waals surface area contributed by atoms with Crippen LogP contribution in [0.2, 0.25) is 0 Å². The van der Waals surface area contributed by atoms with Crippen LogP contribution in [-0.4, -0.2) is 25.4 Å². The molecule has 0 aliphatic heterocycles. The summed E-state index contributed by atoms with van der Waals surface area (Å²) in [7, 11) is 0. The van der Waals surface area contributed by atoms with Crippen LogP contribution in [0.1, 0.15) is 17.7 Å². The van der Waals surface area contributed by atoms with Crippen LogP contribution < -0.4 is 10.1 Å². The molecule has 2 rings (SSSR count). The molecular formula is C17H18F3NO4. The summed E-state index contributed by atoms with van der Waals surface area (Å²) < 4.78 is 50.4. The smallest absolute Gasteiger partial charge is 0.467 e. The minimum absolute atomic E-state index is 0.0829. The van der Waals surface area contributed by atoms with E-state index in [1.54, 1.807) is 12.3 Å². The Kier molecular flexibility index (Phi) is 6.88. The van der Waals surface area contributed by atoms with Gasteiger partial charge in [0.15, 0.2) is 0 Å². The van der Waals surface area contributed by atoms with Gasteiger partial charge in [-0.3, -0.25) is 4.79 Å². The zero-order valence-electron chi connectivity index (χ0n) is 13.3. The van der Waals surface area contributed by atoms with Gasteiger partial charge < -0.3 is 19.2 Å². The Balaban J connectivity index is 1.60. The molecule has 0 radical (unpaired) electrons. The fourth-order valence-electron chi connectivity index (χ4n) is 2.03. The lowest BCUT2D eigenvalue weighted by molar-refractivity contribution is -0.274. The first-order chi connectivity index (χ1) is 11.9. The van der Waals surface area contributed by atoms with Crippen LogP contribution >= 0.6 is 0 Å². The van der Waals surface area contributed by atoms with E-state index in [-0.39, 0.29) is 18.1 Å². The van der Waals surface area contributed by atoms with Crippen LogP contribution in [0.5, 0.6) is 5.75 Å². The van der Waals surface area contributed by atoms with E-state index >= 15 is 0 Å². The number of halogens is 3. The summed E-state index contributed by atoms with van der Waals surface area (Å²) >= 11 is 0. The predicted molar refractivity (Wildman–Crippen MR) is 82.8 cm³/mol. The molecule has 2 aromatic rings. The van der Waals surface area contributed by atoms with Crippen LogP contribution in [0.25, 0.3) is 0 Å². The van der Waals surface area contributed by atoms with Crippen molar-refractivity contribution < 1.29 is 31.9 Å². The summed E-state index contributed by atoms with van der Waals surface area (Å²) in [5, 5.41) is 2.72. The highest BCUT2D eigenvalue weighted by Gasteiger charge is 2.30. The largest absolute Gasteiger partial charge is 0.573 e. The first-order valence-electron chi connectivity index (χ1n) is 7.64. The van der Waals surface area contributed by atoms with E-state index in [1.807, 2.05) is 6.07 Å². The van der Waals surface area contributed by atoms with Crippen molar-refractivity contribution in [3.8, 4) is 5.75 Å². The number of carbonyl (C=O) groups is 1. The quantitative estimate of drug-likeness (QED) is 0.699. The predicted octanol–water partition coefficient (Wildman–Crippen LogP) is 3.44. The molecule has 0 spiro atoms. The molecule has 0 saturated carbocycles. The molecule has 0 unspecified atom stereocenters. The Morgan fingerprint density at radius 3 is 2.56 bits per heavy atom. The average Bonchev–Trinajstić information content (AvgIpc) is 3.04. The first-order valence-corrected chi connectivity index (χ1v) is 7.64. The normalized spacial score (nSPS) is 11.3. The Morgan fingerprint density at radius 1 is 1.16 bits per heavy atom. The molecule has 0 bridgehead atoms. The lowest BCUT2D eigenvalue weighted by atomic mass is 10.1. The zero-order chi connectivity index (χ0) is 18.1. The molecule has 8 heteroatoms. The maximum absolute atomic E-state index is 12.1. The summed E-state index contributed by atoms with van der Waals surface area (Å²) in [6.07, 6.45) is -2.43. The van der Waals surface area contributed by atoms with Gasteiger partial charge in [-0.15, -0.1) is 13.2 Å². The first kappa shape index (κ1) is 18.9. The number of benzene rings is 1. The second-order valence-corrected chi connectivity index (χ2v) is 5.20. The van der Waals surface area contributed by atoms with E-state index in [0.29, 0.717) is 31.7 Å². The topological polar surface area (TPSA) is 60.7 Å². The van der Waals surface area contributed by atoms with Gasteiger partial charge in [-0.25, -0.2) is 0 Å². The molecule has 1 N–H and O–H groups in total. The molecule has 0 atom stereocenters. The molecule has 1 aromatic carbocycles. The molecule has 0 fully saturated rings. The van der Waals surface area contributed by atoms with Crippen molar-refractivity contribution in [1.29, 1.82) is 0 Å². The summed E-state index contributed by atoms with van der Waals surface area (Å²) in [6.45, 7) is 1.31. The minimum Gasteiger partial charge on any atom is -0.467 e. The lowest BCUT2D eigenvalue weighted by Gasteiger charge is -2.09. The van der Waals surface area contributed by atoms with Gasteiger partial charge in [-0.1, -0.05) is 12.1 Å². The third-order valence-electron chi connectivity index (χ3n) is 3.13. The van der Waals surface area contributed by atoms with Crippen molar-refractivity contribution in [2.24, 2.45) is 0 Å². The van der Waals surface area contributed by atoms with Gasteiger partial charge in [0, 0.05) is 13.2 Å². The maximum Gasteiger partial charge on any atom is 0.573 e. The van der Waals surface area contributed by atoms with E-state index in [9.17, 15) is 18.0 Å². The Hall–Kier alpha value is -2.48. The highest BCUT2D eigenvalue weighted by atomic mass is 19.4. The van der Waals surface area contributed by atoms with Crippen molar-refractivity contribution in [1.82, 2.24) is 5.32 Å². The Labute approximate surface area is 142 Å². The number of furan rings is 1. The van der Waals surface area contributed by atoms with Crippen LogP contribution in [0, 0.1) is 0 Å². The molecular weight excluding hydrogens is 339 g/mol. The SMILES string of the molecule is O=C(Cc1ccc(OC(F)(F)F)cc1)NCCCOCc1ccco1. The fraction of sp³-hybridized carbons (Fsp3) is 0.353. The summed E-state index contributed by atoms with van der Waals surface area (Å²) in [5.41, 5.74) is 0.598. The van der Waals surface area contributed by atoms with Crippen LogP contribution in [0.15, 0.2) is 47.1 Å². The van der Waals surface area contributed by atoms with Gasteiger partial charge in [0.1, 0.15) is 18.1 Å². The van der Waals surface area contributed by atoms with E-state index in [2.05, 4.69) is 10.1 Å².